The Balaban J connectivity index is 1.34. The predicted octanol–water partition coefficient (Wildman–Crippen LogP) is 1.03. The van der Waals surface area contributed by atoms with E-state index in [1.54, 1.807) is 7.11 Å². The van der Waals surface area contributed by atoms with Crippen LogP contribution in [-0.4, -0.2) is 67.3 Å². The van der Waals surface area contributed by atoms with E-state index in [0.717, 1.165) is 33.0 Å². The lowest BCUT2D eigenvalue weighted by molar-refractivity contribution is -0.845. The number of nitrogens with one attached hydrogen (secondary N) is 1. The number of nitrogens with zero attached hydrogens (tertiary/aromatic N) is 4. The summed E-state index contributed by atoms with van der Waals surface area (Å²) >= 11 is 1.49. The van der Waals surface area contributed by atoms with Gasteiger partial charge in [-0.1, -0.05) is 11.3 Å². The Hall–Kier alpha value is -1.87. The van der Waals surface area contributed by atoms with Crippen LogP contribution in [0.4, 0.5) is 5.13 Å². The van der Waals surface area contributed by atoms with Gasteiger partial charge in [0, 0.05) is 24.8 Å². The molecule has 2 aromatic rings. The Morgan fingerprint density at radius 3 is 2.96 bits per heavy atom. The first-order chi connectivity index (χ1) is 12.1. The molecule has 9 heteroatoms. The van der Waals surface area contributed by atoms with E-state index < -0.39 is 0 Å². The Kier molecular flexibility index (Phi) is 3.27. The monoisotopic (exact) mass is 358 g/mol. The summed E-state index contributed by atoms with van der Waals surface area (Å²) in [6.07, 6.45) is 2.48. The van der Waals surface area contributed by atoms with Gasteiger partial charge in [0.05, 0.1) is 26.7 Å². The Labute approximate surface area is 151 Å². The van der Waals surface area contributed by atoms with E-state index in [1.165, 1.54) is 37.3 Å². The Morgan fingerprint density at radius 1 is 1.36 bits per heavy atom. The molecule has 6 heterocycles. The van der Waals surface area contributed by atoms with Crippen LogP contribution in [0.3, 0.4) is 0 Å². The van der Waals surface area contributed by atoms with Crippen molar-refractivity contribution in [2.75, 3.05) is 38.6 Å². The van der Waals surface area contributed by atoms with E-state index in [4.69, 9.17) is 9.47 Å². The van der Waals surface area contributed by atoms with Gasteiger partial charge in [0.15, 0.2) is 10.7 Å². The second kappa shape index (κ2) is 5.31. The van der Waals surface area contributed by atoms with Gasteiger partial charge >= 0.3 is 7.98 Å². The highest BCUT2D eigenvalue weighted by Crippen LogP contribution is 2.43. The number of aromatic nitrogens is 2. The molecular weight excluding hydrogens is 337 g/mol. The normalized spacial score (nSPS) is 33.5. The molecule has 0 aromatic carbocycles. The first-order valence-electron chi connectivity index (χ1n) is 8.73. The van der Waals surface area contributed by atoms with Crippen LogP contribution in [0.25, 0.3) is 10.3 Å². The third kappa shape index (κ3) is 2.48. The highest BCUT2D eigenvalue weighted by atomic mass is 32.1. The van der Waals surface area contributed by atoms with Gasteiger partial charge in [-0.05, 0) is 6.07 Å². The molecule has 0 saturated carbocycles. The summed E-state index contributed by atoms with van der Waals surface area (Å²) in [4.78, 5) is 14.5. The zero-order chi connectivity index (χ0) is 17.1. The second-order valence-corrected chi connectivity index (χ2v) is 8.59. The SMILES string of the molecule is B[N+]12CCC(CC1)C1(CN=C(Nc3nc4ccc(OC)nc4s3)O1)C2. The van der Waals surface area contributed by atoms with Crippen LogP contribution in [0, 0.1) is 5.92 Å². The van der Waals surface area contributed by atoms with Crippen LogP contribution < -0.4 is 10.1 Å². The van der Waals surface area contributed by atoms with Gasteiger partial charge < -0.3 is 13.9 Å². The average Bonchev–Trinajstić information content (AvgIpc) is 3.18. The molecule has 3 saturated heterocycles. The molecule has 6 rings (SSSR count). The molecule has 0 amide bonds. The van der Waals surface area contributed by atoms with Gasteiger partial charge in [-0.3, -0.25) is 5.32 Å². The van der Waals surface area contributed by atoms with Crippen molar-refractivity contribution in [1.29, 1.82) is 0 Å². The summed E-state index contributed by atoms with van der Waals surface area (Å²) in [5.41, 5.74) is 0.730. The van der Waals surface area contributed by atoms with Crippen molar-refractivity contribution in [2.24, 2.45) is 10.9 Å². The topological polar surface area (TPSA) is 68.6 Å². The van der Waals surface area contributed by atoms with Crippen LogP contribution in [0.5, 0.6) is 5.88 Å². The van der Waals surface area contributed by atoms with Crippen molar-refractivity contribution in [3.05, 3.63) is 12.1 Å². The minimum absolute atomic E-state index is 0.119. The highest BCUT2D eigenvalue weighted by Gasteiger charge is 2.57. The number of hydrogen-bond acceptors (Lipinski definition) is 7. The maximum Gasteiger partial charge on any atom is 0.373 e. The van der Waals surface area contributed by atoms with E-state index >= 15 is 0 Å². The molecule has 4 aliphatic rings. The minimum Gasteiger partial charge on any atom is -0.481 e. The fourth-order valence-electron chi connectivity index (χ4n) is 4.53. The number of rotatable bonds is 2. The van der Waals surface area contributed by atoms with E-state index in [2.05, 4.69) is 28.3 Å². The number of aliphatic imine (C=N–C) groups is 1. The second-order valence-electron chi connectivity index (χ2n) is 7.61. The fourth-order valence-corrected chi connectivity index (χ4v) is 5.35. The van der Waals surface area contributed by atoms with Crippen LogP contribution in [0.1, 0.15) is 12.8 Å². The van der Waals surface area contributed by atoms with E-state index in [9.17, 15) is 0 Å². The van der Waals surface area contributed by atoms with E-state index in [-0.39, 0.29) is 5.60 Å². The molecule has 1 unspecified atom stereocenters. The maximum absolute atomic E-state index is 6.38. The lowest BCUT2D eigenvalue weighted by atomic mass is 9.72. The maximum atomic E-state index is 6.38. The number of fused-ring (bicyclic) bond motifs is 3. The fraction of sp³-hybridized carbons (Fsp3) is 0.562. The first kappa shape index (κ1) is 15.4. The number of pyridine rings is 1. The summed E-state index contributed by atoms with van der Waals surface area (Å²) in [6, 6.07) is 4.34. The van der Waals surface area contributed by atoms with Gasteiger partial charge in [-0.15, -0.1) is 0 Å². The number of thiazole rings is 1. The number of anilines is 1. The third-order valence-electron chi connectivity index (χ3n) is 5.87. The van der Waals surface area contributed by atoms with Crippen molar-refractivity contribution in [1.82, 2.24) is 9.97 Å². The van der Waals surface area contributed by atoms with Gasteiger partial charge in [0.2, 0.25) is 5.88 Å². The Bertz CT molecular complexity index is 863. The summed E-state index contributed by atoms with van der Waals surface area (Å²) in [7, 11) is 3.96. The summed E-state index contributed by atoms with van der Waals surface area (Å²) in [5, 5.41) is 4.02. The highest BCUT2D eigenvalue weighted by molar-refractivity contribution is 7.21. The lowest BCUT2D eigenvalue weighted by Gasteiger charge is -2.55. The van der Waals surface area contributed by atoms with Gasteiger partial charge in [-0.25, -0.2) is 15.0 Å². The molecule has 0 aliphatic carbocycles. The number of hydrogen-bond donors (Lipinski definition) is 1. The molecule has 3 fully saturated rings. The predicted molar refractivity (Wildman–Crippen MR) is 99.8 cm³/mol. The molecule has 1 N–H and O–H groups in total. The van der Waals surface area contributed by atoms with Gasteiger partial charge in [0.25, 0.3) is 6.02 Å². The molecule has 2 bridgehead atoms. The molecule has 7 nitrogen and oxygen atoms in total. The number of amidine groups is 1. The minimum atomic E-state index is -0.119. The first-order valence-corrected chi connectivity index (χ1v) is 9.55. The molecular formula is C16H21BN5O2S+. The van der Waals surface area contributed by atoms with Crippen molar-refractivity contribution >= 4 is 40.8 Å². The van der Waals surface area contributed by atoms with Crippen molar-refractivity contribution < 1.29 is 13.9 Å². The standard InChI is InChI=1S/C16H21BN5O2S/c1-23-12-3-2-11-13(20-12)25-15(19-11)21-14-18-8-16(24-14)9-22(17)6-4-10(16)5-7-22/h2-3,10H,4-9,17H2,1H3,(H,18,19,21)/q+1. The average molecular weight is 358 g/mol. The van der Waals surface area contributed by atoms with Crippen LogP contribution in [-0.2, 0) is 4.74 Å². The van der Waals surface area contributed by atoms with Crippen molar-refractivity contribution in [3.8, 4) is 5.88 Å². The molecule has 0 radical (unpaired) electrons. The van der Waals surface area contributed by atoms with Crippen molar-refractivity contribution in [3.63, 3.8) is 0 Å². The molecule has 1 atom stereocenters. The third-order valence-corrected chi connectivity index (χ3v) is 6.75. The number of quaternary nitrogens is 1. The van der Waals surface area contributed by atoms with Crippen LogP contribution in [0.2, 0.25) is 0 Å². The van der Waals surface area contributed by atoms with Gasteiger partial charge in [0.1, 0.15) is 16.9 Å². The zero-order valence-corrected chi connectivity index (χ0v) is 15.3. The molecule has 1 spiro atoms. The van der Waals surface area contributed by atoms with Crippen LogP contribution >= 0.6 is 11.3 Å². The summed E-state index contributed by atoms with van der Waals surface area (Å²) in [6.45, 7) is 4.35. The van der Waals surface area contributed by atoms with E-state index in [0.29, 0.717) is 17.8 Å². The smallest absolute Gasteiger partial charge is 0.373 e. The number of methoxy groups -OCH3 is 1. The Morgan fingerprint density at radius 2 is 2.20 bits per heavy atom. The number of ether oxygens (including phenoxy) is 2. The zero-order valence-electron chi connectivity index (χ0n) is 14.5. The molecule has 4 aliphatic heterocycles. The lowest BCUT2D eigenvalue weighted by Crippen LogP contribution is -2.69. The van der Waals surface area contributed by atoms with Crippen molar-refractivity contribution in [2.45, 2.75) is 18.4 Å². The summed E-state index contributed by atoms with van der Waals surface area (Å²) < 4.78 is 12.7. The molecule has 130 valence electrons. The van der Waals surface area contributed by atoms with E-state index in [1.807, 2.05) is 12.1 Å². The quantitative estimate of drug-likeness (QED) is 0.812. The van der Waals surface area contributed by atoms with Gasteiger partial charge in [-0.2, -0.15) is 0 Å². The van der Waals surface area contributed by atoms with Crippen LogP contribution in [0.15, 0.2) is 17.1 Å². The molecule has 2 aromatic heterocycles. The number of piperidine rings is 3. The molecule has 25 heavy (non-hydrogen) atoms. The summed E-state index contributed by atoms with van der Waals surface area (Å²) in [5.74, 6) is 1.22. The largest absolute Gasteiger partial charge is 0.481 e.